The number of H-pyrrole nitrogens is 1. The number of ether oxygens (including phenoxy) is 2. The Morgan fingerprint density at radius 3 is 2.70 bits per heavy atom. The average Bonchev–Trinajstić information content (AvgIpc) is 3.53. The van der Waals surface area contributed by atoms with Crippen molar-refractivity contribution in [1.29, 1.82) is 0 Å². The molecule has 1 aromatic carbocycles. The van der Waals surface area contributed by atoms with E-state index in [1.165, 1.54) is 0 Å². The number of aromatic amines is 1. The predicted octanol–water partition coefficient (Wildman–Crippen LogP) is 3.33. The highest BCUT2D eigenvalue weighted by molar-refractivity contribution is 5.93. The number of hydrogen-bond acceptors (Lipinski definition) is 7. The van der Waals surface area contributed by atoms with E-state index in [0.29, 0.717) is 42.0 Å². The fraction of sp³-hybridized carbons (Fsp3) is 0.429. The largest absolute Gasteiger partial charge is 0.454 e. The molecule has 0 aliphatic carbocycles. The summed E-state index contributed by atoms with van der Waals surface area (Å²) in [5.74, 6) is 3.10. The fourth-order valence-electron chi connectivity index (χ4n) is 3.78. The summed E-state index contributed by atoms with van der Waals surface area (Å²) in [7, 11) is 0. The Labute approximate surface area is 173 Å². The molecule has 0 saturated carbocycles. The molecule has 0 atom stereocenters. The standard InChI is InChI=1S/C21H23N5O4/c1-12(2)19-24-25-20(30-19)13-5-7-26(8-6-13)21(27)16-10-15(22-23-16)14-3-4-17-18(9-14)29-11-28-17/h3-4,9-10,12-13H,5-8,11H2,1-2H3,(H,22,23). The van der Waals surface area contributed by atoms with Crippen molar-refractivity contribution in [2.75, 3.05) is 19.9 Å². The number of nitrogens with zero attached hydrogens (tertiary/aromatic N) is 4. The smallest absolute Gasteiger partial charge is 0.271 e. The van der Waals surface area contributed by atoms with Gasteiger partial charge in [0, 0.05) is 30.5 Å². The number of piperidine rings is 1. The molecule has 4 heterocycles. The molecule has 0 bridgehead atoms. The van der Waals surface area contributed by atoms with Crippen molar-refractivity contribution < 1.29 is 18.7 Å². The molecule has 5 rings (SSSR count). The van der Waals surface area contributed by atoms with Gasteiger partial charge in [0.1, 0.15) is 5.69 Å². The van der Waals surface area contributed by atoms with Gasteiger partial charge in [-0.1, -0.05) is 13.8 Å². The first-order valence-electron chi connectivity index (χ1n) is 10.2. The quantitative estimate of drug-likeness (QED) is 0.704. The van der Waals surface area contributed by atoms with Crippen molar-refractivity contribution in [1.82, 2.24) is 25.3 Å². The summed E-state index contributed by atoms with van der Waals surface area (Å²) in [6.07, 6.45) is 1.60. The van der Waals surface area contributed by atoms with Crippen LogP contribution in [0.25, 0.3) is 11.3 Å². The molecule has 30 heavy (non-hydrogen) atoms. The number of aromatic nitrogens is 4. The molecule has 9 nitrogen and oxygen atoms in total. The molecule has 2 aliphatic heterocycles. The molecule has 156 valence electrons. The molecular weight excluding hydrogens is 386 g/mol. The van der Waals surface area contributed by atoms with Gasteiger partial charge in [0.15, 0.2) is 11.5 Å². The number of benzene rings is 1. The average molecular weight is 409 g/mol. The Hall–Kier alpha value is -3.36. The van der Waals surface area contributed by atoms with Crippen LogP contribution in [0, 0.1) is 0 Å². The molecule has 1 fully saturated rings. The van der Waals surface area contributed by atoms with Crippen LogP contribution in [0.5, 0.6) is 11.5 Å². The van der Waals surface area contributed by atoms with Crippen LogP contribution in [-0.4, -0.2) is 51.1 Å². The molecule has 1 N–H and O–H groups in total. The lowest BCUT2D eigenvalue weighted by Crippen LogP contribution is -2.38. The number of rotatable bonds is 4. The third kappa shape index (κ3) is 3.40. The van der Waals surface area contributed by atoms with E-state index < -0.39 is 0 Å². The van der Waals surface area contributed by atoms with Gasteiger partial charge in [-0.2, -0.15) is 5.10 Å². The maximum absolute atomic E-state index is 12.9. The number of carbonyl (C=O) groups is 1. The molecular formula is C21H23N5O4. The normalized spacial score (nSPS) is 16.4. The lowest BCUT2D eigenvalue weighted by atomic mass is 9.96. The molecule has 0 radical (unpaired) electrons. The van der Waals surface area contributed by atoms with Crippen LogP contribution in [0.15, 0.2) is 28.7 Å². The molecule has 3 aromatic rings. The first-order chi connectivity index (χ1) is 14.6. The van der Waals surface area contributed by atoms with E-state index in [1.54, 1.807) is 6.07 Å². The van der Waals surface area contributed by atoms with Crippen LogP contribution in [0.4, 0.5) is 0 Å². The minimum Gasteiger partial charge on any atom is -0.454 e. The highest BCUT2D eigenvalue weighted by atomic mass is 16.7. The van der Waals surface area contributed by atoms with Crippen molar-refractivity contribution >= 4 is 5.91 Å². The van der Waals surface area contributed by atoms with Gasteiger partial charge in [-0.3, -0.25) is 9.89 Å². The second-order valence-corrected chi connectivity index (χ2v) is 7.93. The summed E-state index contributed by atoms with van der Waals surface area (Å²) in [6, 6.07) is 7.40. The van der Waals surface area contributed by atoms with Crippen LogP contribution < -0.4 is 9.47 Å². The van der Waals surface area contributed by atoms with Crippen molar-refractivity contribution in [3.63, 3.8) is 0 Å². The van der Waals surface area contributed by atoms with E-state index >= 15 is 0 Å². The van der Waals surface area contributed by atoms with E-state index in [1.807, 2.05) is 36.9 Å². The molecule has 2 aromatic heterocycles. The van der Waals surface area contributed by atoms with Gasteiger partial charge < -0.3 is 18.8 Å². The van der Waals surface area contributed by atoms with Gasteiger partial charge in [0.2, 0.25) is 18.6 Å². The lowest BCUT2D eigenvalue weighted by Gasteiger charge is -2.30. The van der Waals surface area contributed by atoms with Gasteiger partial charge in [0.05, 0.1) is 5.69 Å². The fourth-order valence-corrected chi connectivity index (χ4v) is 3.78. The van der Waals surface area contributed by atoms with Crippen LogP contribution >= 0.6 is 0 Å². The zero-order chi connectivity index (χ0) is 20.7. The number of fused-ring (bicyclic) bond motifs is 1. The number of hydrogen-bond donors (Lipinski definition) is 1. The monoisotopic (exact) mass is 409 g/mol. The number of amides is 1. The van der Waals surface area contributed by atoms with Crippen molar-refractivity contribution in [3.05, 3.63) is 41.7 Å². The summed E-state index contributed by atoms with van der Waals surface area (Å²) in [4.78, 5) is 14.8. The minimum absolute atomic E-state index is 0.0543. The second kappa shape index (κ2) is 7.47. The Bertz CT molecular complexity index is 1070. The van der Waals surface area contributed by atoms with Gasteiger partial charge in [0.25, 0.3) is 5.91 Å². The highest BCUT2D eigenvalue weighted by Gasteiger charge is 2.29. The minimum atomic E-state index is -0.0543. The highest BCUT2D eigenvalue weighted by Crippen LogP contribution is 2.35. The van der Waals surface area contributed by atoms with E-state index in [2.05, 4.69) is 20.4 Å². The van der Waals surface area contributed by atoms with Crippen molar-refractivity contribution in [2.45, 2.75) is 38.5 Å². The Morgan fingerprint density at radius 2 is 1.93 bits per heavy atom. The maximum atomic E-state index is 12.9. The van der Waals surface area contributed by atoms with Crippen molar-refractivity contribution in [2.24, 2.45) is 0 Å². The van der Waals surface area contributed by atoms with Crippen molar-refractivity contribution in [3.8, 4) is 22.8 Å². The summed E-state index contributed by atoms with van der Waals surface area (Å²) < 4.78 is 16.5. The van der Waals surface area contributed by atoms with Gasteiger partial charge in [-0.05, 0) is 37.1 Å². The topological polar surface area (TPSA) is 106 Å². The van der Waals surface area contributed by atoms with E-state index in [0.717, 1.165) is 24.2 Å². The molecule has 1 saturated heterocycles. The molecule has 2 aliphatic rings. The van der Waals surface area contributed by atoms with E-state index in [4.69, 9.17) is 13.9 Å². The molecule has 1 amide bonds. The molecule has 9 heteroatoms. The van der Waals surface area contributed by atoms with Crippen LogP contribution in [-0.2, 0) is 0 Å². The number of nitrogens with one attached hydrogen (secondary N) is 1. The number of likely N-dealkylation sites (tertiary alicyclic amines) is 1. The van der Waals surface area contributed by atoms with Crippen LogP contribution in [0.2, 0.25) is 0 Å². The summed E-state index contributed by atoms with van der Waals surface area (Å²) in [5, 5.41) is 15.5. The zero-order valence-electron chi connectivity index (χ0n) is 16.9. The Morgan fingerprint density at radius 1 is 1.13 bits per heavy atom. The van der Waals surface area contributed by atoms with Crippen LogP contribution in [0.1, 0.15) is 60.8 Å². The van der Waals surface area contributed by atoms with Crippen LogP contribution in [0.3, 0.4) is 0 Å². The second-order valence-electron chi connectivity index (χ2n) is 7.93. The first kappa shape index (κ1) is 18.7. The zero-order valence-corrected chi connectivity index (χ0v) is 16.9. The summed E-state index contributed by atoms with van der Waals surface area (Å²) >= 11 is 0. The SMILES string of the molecule is CC(C)c1nnc(C2CCN(C(=O)c3cc(-c4ccc5c(c4)OCO5)n[nH]3)CC2)o1. The van der Waals surface area contributed by atoms with Gasteiger partial charge in [-0.15, -0.1) is 10.2 Å². The van der Waals surface area contributed by atoms with Gasteiger partial charge >= 0.3 is 0 Å². The Balaban J connectivity index is 1.24. The number of carbonyl (C=O) groups excluding carboxylic acids is 1. The van der Waals surface area contributed by atoms with E-state index in [-0.39, 0.29) is 24.5 Å². The molecule has 0 spiro atoms. The third-order valence-corrected chi connectivity index (χ3v) is 5.56. The first-order valence-corrected chi connectivity index (χ1v) is 10.2. The maximum Gasteiger partial charge on any atom is 0.271 e. The molecule has 0 unspecified atom stereocenters. The summed E-state index contributed by atoms with van der Waals surface area (Å²) in [6.45, 7) is 5.56. The van der Waals surface area contributed by atoms with E-state index in [9.17, 15) is 4.79 Å². The lowest BCUT2D eigenvalue weighted by molar-refractivity contribution is 0.0700. The Kier molecular flexibility index (Phi) is 4.65. The third-order valence-electron chi connectivity index (χ3n) is 5.56. The van der Waals surface area contributed by atoms with Gasteiger partial charge in [-0.25, -0.2) is 0 Å². The predicted molar refractivity (Wildman–Crippen MR) is 106 cm³/mol. The summed E-state index contributed by atoms with van der Waals surface area (Å²) in [5.41, 5.74) is 2.03.